The number of hydrogen-bond acceptors (Lipinski definition) is 0. The normalized spacial score (nSPS) is 11.9. The average Bonchev–Trinajstić information content (AvgIpc) is 2.99. The van der Waals surface area contributed by atoms with Gasteiger partial charge in [-0.25, -0.2) is 0 Å². The molecule has 0 saturated carbocycles. The van der Waals surface area contributed by atoms with Gasteiger partial charge in [0, 0.05) is 0 Å². The Morgan fingerprint density at radius 3 is 1.48 bits per heavy atom. The van der Waals surface area contributed by atoms with Crippen molar-refractivity contribution >= 4 is 45.6 Å². The second kappa shape index (κ2) is 9.62. The SMILES string of the molecule is C[Si](C)(C)c1ccc(-c2c3ccccc3c(-c3ccc4cccc(-c5ccccc5)c4c3)c3ccccc23)cc1. The van der Waals surface area contributed by atoms with E-state index < -0.39 is 8.07 Å². The Labute approximate surface area is 237 Å². The highest BCUT2D eigenvalue weighted by atomic mass is 28.3. The van der Waals surface area contributed by atoms with E-state index in [-0.39, 0.29) is 0 Å². The summed E-state index contributed by atoms with van der Waals surface area (Å²) >= 11 is 0. The zero-order chi connectivity index (χ0) is 27.3. The fraction of sp³-hybridized carbons (Fsp3) is 0.0769. The quantitative estimate of drug-likeness (QED) is 0.157. The van der Waals surface area contributed by atoms with Gasteiger partial charge in [0.05, 0.1) is 8.07 Å². The van der Waals surface area contributed by atoms with Crippen LogP contribution in [0.2, 0.25) is 19.6 Å². The number of hydrogen-bond donors (Lipinski definition) is 0. The molecule has 40 heavy (non-hydrogen) atoms. The topological polar surface area (TPSA) is 0 Å². The number of benzene rings is 7. The van der Waals surface area contributed by atoms with Gasteiger partial charge in [-0.05, 0) is 71.8 Å². The zero-order valence-corrected chi connectivity index (χ0v) is 24.3. The molecule has 7 aromatic carbocycles. The number of fused-ring (bicyclic) bond motifs is 3. The minimum absolute atomic E-state index is 1.25. The van der Waals surface area contributed by atoms with Crippen molar-refractivity contribution in [3.8, 4) is 33.4 Å². The molecule has 0 unspecified atom stereocenters. The molecule has 0 saturated heterocycles. The molecule has 0 radical (unpaired) electrons. The van der Waals surface area contributed by atoms with Gasteiger partial charge in [0.25, 0.3) is 0 Å². The van der Waals surface area contributed by atoms with E-state index in [0.717, 1.165) is 0 Å². The van der Waals surface area contributed by atoms with E-state index in [2.05, 4.69) is 159 Å². The predicted molar refractivity (Wildman–Crippen MR) is 178 cm³/mol. The summed E-state index contributed by atoms with van der Waals surface area (Å²) < 4.78 is 0. The Bertz CT molecular complexity index is 1950. The van der Waals surface area contributed by atoms with Crippen LogP contribution in [0.5, 0.6) is 0 Å². The van der Waals surface area contributed by atoms with E-state index in [0.29, 0.717) is 0 Å². The maximum Gasteiger partial charge on any atom is 0.0775 e. The van der Waals surface area contributed by atoms with Gasteiger partial charge >= 0.3 is 0 Å². The molecule has 0 N–H and O–H groups in total. The molecule has 0 atom stereocenters. The molecule has 0 amide bonds. The van der Waals surface area contributed by atoms with Crippen LogP contribution in [0, 0.1) is 0 Å². The van der Waals surface area contributed by atoms with Crippen LogP contribution in [0.15, 0.2) is 140 Å². The molecule has 192 valence electrons. The first kappa shape index (κ1) is 24.6. The van der Waals surface area contributed by atoms with Crippen LogP contribution >= 0.6 is 0 Å². The summed E-state index contributed by atoms with van der Waals surface area (Å²) in [4.78, 5) is 0. The highest BCUT2D eigenvalue weighted by molar-refractivity contribution is 6.88. The summed E-state index contributed by atoms with van der Waals surface area (Å²) in [5.41, 5.74) is 7.68. The van der Waals surface area contributed by atoms with E-state index >= 15 is 0 Å². The Morgan fingerprint density at radius 2 is 0.900 bits per heavy atom. The average molecular weight is 529 g/mol. The number of rotatable bonds is 4. The molecule has 7 rings (SSSR count). The highest BCUT2D eigenvalue weighted by Crippen LogP contribution is 2.44. The molecule has 0 aliphatic heterocycles. The van der Waals surface area contributed by atoms with Gasteiger partial charge in [-0.15, -0.1) is 0 Å². The van der Waals surface area contributed by atoms with Gasteiger partial charge in [0.1, 0.15) is 0 Å². The highest BCUT2D eigenvalue weighted by Gasteiger charge is 2.19. The predicted octanol–water partition coefficient (Wildman–Crippen LogP) is 10.7. The van der Waals surface area contributed by atoms with Crippen molar-refractivity contribution in [2.75, 3.05) is 0 Å². The lowest BCUT2D eigenvalue weighted by atomic mass is 9.85. The molecule has 0 aromatic heterocycles. The fourth-order valence-corrected chi connectivity index (χ4v) is 7.35. The van der Waals surface area contributed by atoms with Crippen LogP contribution in [0.25, 0.3) is 65.7 Å². The molecule has 0 aliphatic carbocycles. The standard InChI is InChI=1S/C39H32Si/c1-40(2,3)31-24-22-29(23-25-31)38-33-15-7-9-17-35(33)39(36-18-10-8-16-34(36)38)30-21-20-28-14-11-19-32(37(28)26-30)27-12-5-4-6-13-27/h4-26H,1-3H3. The van der Waals surface area contributed by atoms with E-state index in [1.807, 2.05) is 0 Å². The molecule has 0 bridgehead atoms. The molecular formula is C39H32Si. The molecule has 0 spiro atoms. The monoisotopic (exact) mass is 528 g/mol. The summed E-state index contributed by atoms with van der Waals surface area (Å²) in [5.74, 6) is 0. The van der Waals surface area contributed by atoms with Crippen LogP contribution in [0.4, 0.5) is 0 Å². The van der Waals surface area contributed by atoms with E-state index in [9.17, 15) is 0 Å². The van der Waals surface area contributed by atoms with Gasteiger partial charge in [0.15, 0.2) is 0 Å². The van der Waals surface area contributed by atoms with Crippen molar-refractivity contribution in [1.29, 1.82) is 0 Å². The van der Waals surface area contributed by atoms with E-state index in [1.54, 1.807) is 0 Å². The van der Waals surface area contributed by atoms with Crippen LogP contribution in [0.1, 0.15) is 0 Å². The van der Waals surface area contributed by atoms with E-state index in [4.69, 9.17) is 0 Å². The van der Waals surface area contributed by atoms with Crippen molar-refractivity contribution in [2.45, 2.75) is 19.6 Å². The van der Waals surface area contributed by atoms with Gasteiger partial charge in [-0.2, -0.15) is 0 Å². The van der Waals surface area contributed by atoms with Crippen LogP contribution in [-0.4, -0.2) is 8.07 Å². The minimum atomic E-state index is -1.37. The van der Waals surface area contributed by atoms with Crippen molar-refractivity contribution in [2.24, 2.45) is 0 Å². The van der Waals surface area contributed by atoms with Crippen molar-refractivity contribution in [3.05, 3.63) is 140 Å². The lowest BCUT2D eigenvalue weighted by Gasteiger charge is -2.20. The smallest absolute Gasteiger partial charge is 0.0656 e. The second-order valence-corrected chi connectivity index (χ2v) is 16.9. The van der Waals surface area contributed by atoms with Crippen molar-refractivity contribution in [3.63, 3.8) is 0 Å². The Balaban J connectivity index is 1.52. The summed E-state index contributed by atoms with van der Waals surface area (Å²) in [5, 5.41) is 9.22. The molecule has 0 nitrogen and oxygen atoms in total. The van der Waals surface area contributed by atoms with Gasteiger partial charge in [0.2, 0.25) is 0 Å². The van der Waals surface area contributed by atoms with E-state index in [1.165, 1.54) is 70.9 Å². The van der Waals surface area contributed by atoms with Crippen molar-refractivity contribution in [1.82, 2.24) is 0 Å². The van der Waals surface area contributed by atoms with Gasteiger partial charge in [-0.3, -0.25) is 0 Å². The Kier molecular flexibility index (Phi) is 5.91. The van der Waals surface area contributed by atoms with Crippen molar-refractivity contribution < 1.29 is 0 Å². The zero-order valence-electron chi connectivity index (χ0n) is 23.3. The summed E-state index contributed by atoms with van der Waals surface area (Å²) in [6, 6.07) is 51.6. The first-order valence-corrected chi connectivity index (χ1v) is 17.6. The largest absolute Gasteiger partial charge is 0.0775 e. The summed E-state index contributed by atoms with van der Waals surface area (Å²) in [7, 11) is -1.37. The second-order valence-electron chi connectivity index (χ2n) is 11.8. The maximum atomic E-state index is 2.41. The third kappa shape index (κ3) is 4.15. The molecule has 0 fully saturated rings. The summed E-state index contributed by atoms with van der Waals surface area (Å²) in [6.45, 7) is 7.23. The maximum absolute atomic E-state index is 2.41. The lowest BCUT2D eigenvalue weighted by molar-refractivity contribution is 1.64. The van der Waals surface area contributed by atoms with Gasteiger partial charge in [-0.1, -0.05) is 158 Å². The minimum Gasteiger partial charge on any atom is -0.0656 e. The third-order valence-electron chi connectivity index (χ3n) is 8.23. The van der Waals surface area contributed by atoms with Gasteiger partial charge < -0.3 is 0 Å². The molecular weight excluding hydrogens is 497 g/mol. The van der Waals surface area contributed by atoms with Crippen LogP contribution < -0.4 is 5.19 Å². The Hall–Kier alpha value is -4.46. The third-order valence-corrected chi connectivity index (χ3v) is 10.3. The van der Waals surface area contributed by atoms with Crippen LogP contribution in [-0.2, 0) is 0 Å². The lowest BCUT2D eigenvalue weighted by Crippen LogP contribution is -2.37. The molecule has 0 heterocycles. The fourth-order valence-electron chi connectivity index (χ4n) is 6.18. The first-order chi connectivity index (χ1) is 19.5. The Morgan fingerprint density at radius 1 is 0.375 bits per heavy atom. The molecule has 7 aromatic rings. The van der Waals surface area contributed by atoms with Crippen LogP contribution in [0.3, 0.4) is 0 Å². The molecule has 0 aliphatic rings. The summed E-state index contributed by atoms with van der Waals surface area (Å²) in [6.07, 6.45) is 0. The first-order valence-electron chi connectivity index (χ1n) is 14.1. The molecule has 1 heteroatoms.